The molecule has 0 aliphatic rings. The first-order chi connectivity index (χ1) is 14.5. The van der Waals surface area contributed by atoms with Crippen LogP contribution in [0.1, 0.15) is 91.5 Å². The minimum absolute atomic E-state index is 0.194. The van der Waals surface area contributed by atoms with Gasteiger partial charge in [0.1, 0.15) is 14.7 Å². The molecule has 0 saturated carbocycles. The first kappa shape index (κ1) is 27.0. The van der Waals surface area contributed by atoms with Crippen LogP contribution in [0.15, 0.2) is 16.7 Å². The molecule has 1 heterocycles. The van der Waals surface area contributed by atoms with Crippen molar-refractivity contribution in [2.75, 3.05) is 13.2 Å². The van der Waals surface area contributed by atoms with E-state index in [2.05, 4.69) is 39.1 Å². The summed E-state index contributed by atoms with van der Waals surface area (Å²) in [7, 11) is -1.44. The van der Waals surface area contributed by atoms with Crippen molar-refractivity contribution in [3.05, 3.63) is 17.9 Å². The summed E-state index contributed by atoms with van der Waals surface area (Å²) in [6.07, 6.45) is 13.1. The van der Waals surface area contributed by atoms with Crippen molar-refractivity contribution in [3.63, 3.8) is 0 Å². The Labute approximate surface area is 186 Å². The number of ether oxygens (including phenoxy) is 1. The Bertz CT molecular complexity index is 560. The van der Waals surface area contributed by atoms with Crippen LogP contribution in [0, 0.1) is 0 Å². The van der Waals surface area contributed by atoms with Gasteiger partial charge < -0.3 is 14.5 Å². The molecule has 0 fully saturated rings. The standard InChI is InChI=1S/C25H47NO3Si/c1-6-10-11-12-13-14-15-16-24(21-28-22(5)27)26-18-17-23-19-25(29-20-23)30(7-2,8-3)9-4/h19-20,24,26H,6-18,21H2,1-5H3. The Kier molecular flexibility index (Phi) is 14.1. The van der Waals surface area contributed by atoms with Gasteiger partial charge in [0.2, 0.25) is 0 Å². The number of furan rings is 1. The van der Waals surface area contributed by atoms with E-state index in [4.69, 9.17) is 9.15 Å². The van der Waals surface area contributed by atoms with E-state index in [1.807, 2.05) is 6.26 Å². The highest BCUT2D eigenvalue weighted by atomic mass is 28.3. The Morgan fingerprint density at radius 1 is 1.03 bits per heavy atom. The maximum Gasteiger partial charge on any atom is 0.302 e. The molecule has 4 nitrogen and oxygen atoms in total. The number of esters is 1. The lowest BCUT2D eigenvalue weighted by atomic mass is 10.1. The first-order valence-electron chi connectivity index (χ1n) is 12.5. The van der Waals surface area contributed by atoms with Gasteiger partial charge in [-0.05, 0) is 31.0 Å². The van der Waals surface area contributed by atoms with Crippen LogP contribution in [-0.4, -0.2) is 33.2 Å². The van der Waals surface area contributed by atoms with E-state index in [-0.39, 0.29) is 12.0 Å². The summed E-state index contributed by atoms with van der Waals surface area (Å²) in [6.45, 7) is 12.0. The molecular weight excluding hydrogens is 390 g/mol. The summed E-state index contributed by atoms with van der Waals surface area (Å²) < 4.78 is 11.3. The molecule has 0 aliphatic heterocycles. The number of hydrogen-bond acceptors (Lipinski definition) is 4. The third-order valence-corrected chi connectivity index (χ3v) is 12.1. The highest BCUT2D eigenvalue weighted by molar-refractivity contribution is 6.90. The molecule has 1 aromatic heterocycles. The Morgan fingerprint density at radius 2 is 1.67 bits per heavy atom. The number of hydrogen-bond donors (Lipinski definition) is 1. The topological polar surface area (TPSA) is 51.5 Å². The number of unbranched alkanes of at least 4 members (excludes halogenated alkanes) is 6. The van der Waals surface area contributed by atoms with E-state index < -0.39 is 8.07 Å². The fraction of sp³-hybridized carbons (Fsp3) is 0.800. The van der Waals surface area contributed by atoms with Gasteiger partial charge >= 0.3 is 5.97 Å². The molecule has 1 rings (SSSR count). The zero-order chi connectivity index (χ0) is 22.2. The molecule has 5 heteroatoms. The van der Waals surface area contributed by atoms with Crippen molar-refractivity contribution >= 4 is 19.4 Å². The minimum atomic E-state index is -1.44. The highest BCUT2D eigenvalue weighted by Gasteiger charge is 2.32. The molecule has 0 saturated heterocycles. The second kappa shape index (κ2) is 15.7. The molecule has 1 unspecified atom stereocenters. The number of nitrogens with one attached hydrogen (secondary N) is 1. The van der Waals surface area contributed by atoms with Gasteiger partial charge in [0.05, 0.1) is 11.6 Å². The molecule has 0 amide bonds. The lowest BCUT2D eigenvalue weighted by molar-refractivity contribution is -0.141. The fourth-order valence-electron chi connectivity index (χ4n) is 4.29. The van der Waals surface area contributed by atoms with E-state index >= 15 is 0 Å². The van der Waals surface area contributed by atoms with Crippen LogP contribution < -0.4 is 10.7 Å². The van der Waals surface area contributed by atoms with E-state index in [0.717, 1.165) is 19.4 Å². The third-order valence-electron chi connectivity index (χ3n) is 6.70. The molecule has 1 atom stereocenters. The van der Waals surface area contributed by atoms with E-state index in [1.54, 1.807) is 0 Å². The fourth-order valence-corrected chi connectivity index (χ4v) is 7.63. The summed E-state index contributed by atoms with van der Waals surface area (Å²) >= 11 is 0. The van der Waals surface area contributed by atoms with Gasteiger partial charge in [-0.15, -0.1) is 0 Å². The average Bonchev–Trinajstić information content (AvgIpc) is 3.22. The Balaban J connectivity index is 2.44. The summed E-state index contributed by atoms with van der Waals surface area (Å²) in [5, 5.41) is 4.89. The van der Waals surface area contributed by atoms with Gasteiger partial charge in [0, 0.05) is 13.0 Å². The van der Waals surface area contributed by atoms with E-state index in [9.17, 15) is 4.79 Å². The minimum Gasteiger partial charge on any atom is -0.474 e. The largest absolute Gasteiger partial charge is 0.474 e. The molecular formula is C25H47NO3Si. The maximum absolute atomic E-state index is 11.2. The SMILES string of the molecule is CCCCCCCCCC(COC(C)=O)NCCc1coc([Si](CC)(CC)CC)c1. The summed E-state index contributed by atoms with van der Waals surface area (Å²) in [4.78, 5) is 11.2. The van der Waals surface area contributed by atoms with Crippen molar-refractivity contribution in [1.29, 1.82) is 0 Å². The monoisotopic (exact) mass is 437 g/mol. The molecule has 1 N–H and O–H groups in total. The van der Waals surface area contributed by atoms with E-state index in [1.165, 1.54) is 80.9 Å². The van der Waals surface area contributed by atoms with Crippen molar-refractivity contribution in [1.82, 2.24) is 5.32 Å². The number of rotatable bonds is 18. The quantitative estimate of drug-likeness (QED) is 0.169. The molecule has 0 aromatic carbocycles. The van der Waals surface area contributed by atoms with Gasteiger partial charge in [-0.25, -0.2) is 0 Å². The van der Waals surface area contributed by atoms with Crippen molar-refractivity contribution < 1.29 is 13.9 Å². The normalized spacial score (nSPS) is 12.8. The Hall–Kier alpha value is -1.07. The molecule has 0 radical (unpaired) electrons. The Morgan fingerprint density at radius 3 is 2.27 bits per heavy atom. The highest BCUT2D eigenvalue weighted by Crippen LogP contribution is 2.21. The first-order valence-corrected chi connectivity index (χ1v) is 15.1. The predicted octanol–water partition coefficient (Wildman–Crippen LogP) is 6.20. The zero-order valence-electron chi connectivity index (χ0n) is 20.4. The van der Waals surface area contributed by atoms with Crippen LogP contribution in [0.3, 0.4) is 0 Å². The lowest BCUT2D eigenvalue weighted by Crippen LogP contribution is -2.44. The second-order valence-electron chi connectivity index (χ2n) is 8.77. The van der Waals surface area contributed by atoms with Gasteiger partial charge in [0.25, 0.3) is 0 Å². The molecule has 1 aromatic rings. The summed E-state index contributed by atoms with van der Waals surface area (Å²) in [5.41, 5.74) is 1.28. The maximum atomic E-state index is 11.2. The van der Waals surface area contributed by atoms with Crippen LogP contribution in [0.25, 0.3) is 0 Å². The van der Waals surface area contributed by atoms with E-state index in [0.29, 0.717) is 6.61 Å². The molecule has 30 heavy (non-hydrogen) atoms. The smallest absolute Gasteiger partial charge is 0.302 e. The number of carbonyl (C=O) groups excluding carboxylic acids is 1. The van der Waals surface area contributed by atoms with Crippen LogP contribution >= 0.6 is 0 Å². The summed E-state index contributed by atoms with van der Waals surface area (Å²) in [5.74, 6) is -0.194. The third kappa shape index (κ3) is 9.82. The molecule has 0 spiro atoms. The lowest BCUT2D eigenvalue weighted by Gasteiger charge is -2.24. The van der Waals surface area contributed by atoms with Crippen molar-refractivity contribution in [3.8, 4) is 0 Å². The van der Waals surface area contributed by atoms with Crippen molar-refractivity contribution in [2.45, 2.75) is 117 Å². The van der Waals surface area contributed by atoms with Crippen LogP contribution in [0.2, 0.25) is 18.1 Å². The van der Waals surface area contributed by atoms with Crippen LogP contribution in [0.4, 0.5) is 0 Å². The second-order valence-corrected chi connectivity index (χ2v) is 13.9. The van der Waals surface area contributed by atoms with Gasteiger partial charge in [0.15, 0.2) is 0 Å². The van der Waals surface area contributed by atoms with Gasteiger partial charge in [-0.3, -0.25) is 4.79 Å². The summed E-state index contributed by atoms with van der Waals surface area (Å²) in [6, 6.07) is 6.28. The van der Waals surface area contributed by atoms with Crippen molar-refractivity contribution in [2.24, 2.45) is 0 Å². The zero-order valence-corrected chi connectivity index (χ0v) is 21.4. The molecule has 0 aliphatic carbocycles. The van der Waals surface area contributed by atoms with Crippen LogP contribution in [-0.2, 0) is 16.0 Å². The molecule has 174 valence electrons. The van der Waals surface area contributed by atoms with Crippen LogP contribution in [0.5, 0.6) is 0 Å². The average molecular weight is 438 g/mol. The van der Waals surface area contributed by atoms with Gasteiger partial charge in [-0.1, -0.05) is 90.8 Å². The molecule has 0 bridgehead atoms. The predicted molar refractivity (Wildman–Crippen MR) is 130 cm³/mol. The number of carbonyl (C=O) groups is 1. The van der Waals surface area contributed by atoms with Gasteiger partial charge in [-0.2, -0.15) is 0 Å².